The van der Waals surface area contributed by atoms with Gasteiger partial charge in [0.15, 0.2) is 5.69 Å². The zero-order valence-corrected chi connectivity index (χ0v) is 17.2. The summed E-state index contributed by atoms with van der Waals surface area (Å²) in [5, 5.41) is 8.55. The number of hydrogen-bond acceptors (Lipinski definition) is 6. The van der Waals surface area contributed by atoms with Crippen molar-refractivity contribution in [2.24, 2.45) is 0 Å². The molecular formula is C23H20FN7O. The molecule has 160 valence electrons. The van der Waals surface area contributed by atoms with E-state index in [0.717, 1.165) is 22.8 Å². The average molecular weight is 429 g/mol. The molecule has 0 unspecified atom stereocenters. The number of piperazine rings is 1. The van der Waals surface area contributed by atoms with Gasteiger partial charge in [-0.3, -0.25) is 4.79 Å². The van der Waals surface area contributed by atoms with Crippen LogP contribution in [0.25, 0.3) is 16.9 Å². The van der Waals surface area contributed by atoms with Crippen LogP contribution in [0.2, 0.25) is 0 Å². The second-order valence-corrected chi connectivity index (χ2v) is 7.40. The summed E-state index contributed by atoms with van der Waals surface area (Å²) in [7, 11) is 0. The van der Waals surface area contributed by atoms with Gasteiger partial charge in [0.1, 0.15) is 18.0 Å². The lowest BCUT2D eigenvalue weighted by Gasteiger charge is -2.35. The SMILES string of the molecule is O=C(c1cnn(-c2ccccc2)n1)N1CCN(c2cc(-c3ccc(F)cc3)ncn2)CC1. The maximum absolute atomic E-state index is 13.2. The fraction of sp³-hybridized carbons (Fsp3) is 0.174. The highest BCUT2D eigenvalue weighted by Gasteiger charge is 2.25. The number of nitrogens with zero attached hydrogens (tertiary/aromatic N) is 7. The molecule has 0 radical (unpaired) electrons. The van der Waals surface area contributed by atoms with Gasteiger partial charge in [-0.05, 0) is 36.4 Å². The Hall–Kier alpha value is -4.14. The minimum atomic E-state index is -0.285. The normalized spacial score (nSPS) is 13.9. The van der Waals surface area contributed by atoms with E-state index < -0.39 is 0 Å². The van der Waals surface area contributed by atoms with Gasteiger partial charge in [0.05, 0.1) is 17.6 Å². The molecule has 1 fully saturated rings. The van der Waals surface area contributed by atoms with Crippen molar-refractivity contribution in [1.82, 2.24) is 29.9 Å². The molecule has 0 N–H and O–H groups in total. The summed E-state index contributed by atoms with van der Waals surface area (Å²) in [6.07, 6.45) is 3.01. The molecule has 0 spiro atoms. The van der Waals surface area contributed by atoms with Crippen molar-refractivity contribution in [2.75, 3.05) is 31.1 Å². The molecule has 3 heterocycles. The van der Waals surface area contributed by atoms with Crippen LogP contribution in [0, 0.1) is 5.82 Å². The maximum Gasteiger partial charge on any atom is 0.276 e. The Morgan fingerprint density at radius 2 is 1.66 bits per heavy atom. The van der Waals surface area contributed by atoms with Gasteiger partial charge in [-0.15, -0.1) is 5.10 Å². The van der Waals surface area contributed by atoms with E-state index >= 15 is 0 Å². The first-order chi connectivity index (χ1) is 15.7. The fourth-order valence-electron chi connectivity index (χ4n) is 3.65. The molecule has 9 heteroatoms. The predicted octanol–water partition coefficient (Wildman–Crippen LogP) is 2.83. The third kappa shape index (κ3) is 4.04. The lowest BCUT2D eigenvalue weighted by atomic mass is 10.1. The molecule has 1 saturated heterocycles. The summed E-state index contributed by atoms with van der Waals surface area (Å²) < 4.78 is 13.2. The van der Waals surface area contributed by atoms with Gasteiger partial charge in [-0.2, -0.15) is 9.90 Å². The smallest absolute Gasteiger partial charge is 0.276 e. The molecule has 2 aromatic carbocycles. The highest BCUT2D eigenvalue weighted by atomic mass is 19.1. The lowest BCUT2D eigenvalue weighted by Crippen LogP contribution is -2.49. The fourth-order valence-corrected chi connectivity index (χ4v) is 3.65. The number of para-hydroxylation sites is 1. The largest absolute Gasteiger partial charge is 0.353 e. The Morgan fingerprint density at radius 1 is 0.906 bits per heavy atom. The topological polar surface area (TPSA) is 80.0 Å². The molecule has 4 aromatic rings. The molecule has 0 bridgehead atoms. The second kappa shape index (κ2) is 8.54. The van der Waals surface area contributed by atoms with Crippen molar-refractivity contribution >= 4 is 11.7 Å². The molecule has 8 nitrogen and oxygen atoms in total. The van der Waals surface area contributed by atoms with Crippen molar-refractivity contribution in [3.8, 4) is 16.9 Å². The van der Waals surface area contributed by atoms with Crippen molar-refractivity contribution < 1.29 is 9.18 Å². The number of benzene rings is 2. The van der Waals surface area contributed by atoms with E-state index in [1.807, 2.05) is 36.4 Å². The van der Waals surface area contributed by atoms with Crippen LogP contribution in [0.3, 0.4) is 0 Å². The van der Waals surface area contributed by atoms with E-state index in [1.54, 1.807) is 17.0 Å². The molecule has 0 saturated carbocycles. The molecule has 0 aliphatic carbocycles. The lowest BCUT2D eigenvalue weighted by molar-refractivity contribution is 0.0740. The highest BCUT2D eigenvalue weighted by molar-refractivity contribution is 5.92. The molecular weight excluding hydrogens is 409 g/mol. The minimum Gasteiger partial charge on any atom is -0.353 e. The zero-order valence-electron chi connectivity index (χ0n) is 17.2. The molecule has 32 heavy (non-hydrogen) atoms. The number of hydrogen-bond donors (Lipinski definition) is 0. The Labute approximate surface area is 184 Å². The Balaban J connectivity index is 1.25. The summed E-state index contributed by atoms with van der Waals surface area (Å²) in [6.45, 7) is 2.37. The summed E-state index contributed by atoms with van der Waals surface area (Å²) in [4.78, 5) is 26.9. The van der Waals surface area contributed by atoms with Crippen LogP contribution in [0.1, 0.15) is 10.5 Å². The number of anilines is 1. The monoisotopic (exact) mass is 429 g/mol. The molecule has 1 amide bonds. The molecule has 2 aromatic heterocycles. The summed E-state index contributed by atoms with van der Waals surface area (Å²) in [6, 6.07) is 17.6. The van der Waals surface area contributed by atoms with E-state index in [-0.39, 0.29) is 11.7 Å². The average Bonchev–Trinajstić information content (AvgIpc) is 3.35. The molecule has 5 rings (SSSR count). The highest BCUT2D eigenvalue weighted by Crippen LogP contribution is 2.22. The van der Waals surface area contributed by atoms with Crippen LogP contribution in [0.4, 0.5) is 10.2 Å². The number of aromatic nitrogens is 5. The summed E-state index contributed by atoms with van der Waals surface area (Å²) in [5.74, 6) is 0.357. The minimum absolute atomic E-state index is 0.137. The Kier molecular flexibility index (Phi) is 5.29. The predicted molar refractivity (Wildman–Crippen MR) is 117 cm³/mol. The number of rotatable bonds is 4. The summed E-state index contributed by atoms with van der Waals surface area (Å²) >= 11 is 0. The van der Waals surface area contributed by atoms with Crippen LogP contribution >= 0.6 is 0 Å². The quantitative estimate of drug-likeness (QED) is 0.496. The van der Waals surface area contributed by atoms with E-state index in [2.05, 4.69) is 25.1 Å². The van der Waals surface area contributed by atoms with Gasteiger partial charge >= 0.3 is 0 Å². The van der Waals surface area contributed by atoms with E-state index in [9.17, 15) is 9.18 Å². The van der Waals surface area contributed by atoms with E-state index in [1.165, 1.54) is 29.5 Å². The van der Waals surface area contributed by atoms with Crippen molar-refractivity contribution in [1.29, 1.82) is 0 Å². The van der Waals surface area contributed by atoms with Gasteiger partial charge in [0, 0.05) is 37.8 Å². The maximum atomic E-state index is 13.2. The second-order valence-electron chi connectivity index (χ2n) is 7.40. The number of carbonyl (C=O) groups is 1. The van der Waals surface area contributed by atoms with Gasteiger partial charge in [-0.1, -0.05) is 18.2 Å². The Morgan fingerprint density at radius 3 is 2.41 bits per heavy atom. The van der Waals surface area contributed by atoms with Gasteiger partial charge < -0.3 is 9.80 Å². The third-order valence-corrected chi connectivity index (χ3v) is 5.38. The first-order valence-electron chi connectivity index (χ1n) is 10.3. The van der Waals surface area contributed by atoms with Crippen LogP contribution in [-0.2, 0) is 0 Å². The number of halogens is 1. The standard InChI is InChI=1S/C23H20FN7O/c24-18-8-6-17(7-9-18)20-14-22(26-16-25-20)29-10-12-30(13-11-29)23(32)21-15-27-31(28-21)19-4-2-1-3-5-19/h1-9,14-16H,10-13H2. The first kappa shape index (κ1) is 19.8. The Bertz CT molecular complexity index is 1220. The third-order valence-electron chi connectivity index (χ3n) is 5.38. The van der Waals surface area contributed by atoms with Crippen LogP contribution in [0.15, 0.2) is 73.2 Å². The molecule has 1 aliphatic rings. The van der Waals surface area contributed by atoms with Crippen molar-refractivity contribution in [3.05, 3.63) is 84.7 Å². The van der Waals surface area contributed by atoms with Crippen LogP contribution in [0.5, 0.6) is 0 Å². The van der Waals surface area contributed by atoms with Gasteiger partial charge in [0.2, 0.25) is 0 Å². The van der Waals surface area contributed by atoms with Crippen molar-refractivity contribution in [3.63, 3.8) is 0 Å². The zero-order chi connectivity index (χ0) is 21.9. The van der Waals surface area contributed by atoms with Gasteiger partial charge in [0.25, 0.3) is 5.91 Å². The van der Waals surface area contributed by atoms with Crippen LogP contribution < -0.4 is 4.90 Å². The first-order valence-corrected chi connectivity index (χ1v) is 10.3. The van der Waals surface area contributed by atoms with Crippen molar-refractivity contribution in [2.45, 2.75) is 0 Å². The number of carbonyl (C=O) groups excluding carboxylic acids is 1. The number of amides is 1. The summed E-state index contributed by atoms with van der Waals surface area (Å²) in [5.41, 5.74) is 2.68. The molecule has 1 aliphatic heterocycles. The molecule has 0 atom stereocenters. The van der Waals surface area contributed by atoms with Gasteiger partial charge in [-0.25, -0.2) is 14.4 Å². The van der Waals surface area contributed by atoms with E-state index in [4.69, 9.17) is 0 Å². The van der Waals surface area contributed by atoms with Crippen LogP contribution in [-0.4, -0.2) is 61.9 Å². The van der Waals surface area contributed by atoms with E-state index in [0.29, 0.717) is 31.9 Å².